The lowest BCUT2D eigenvalue weighted by Gasteiger charge is -2.06. The number of rotatable bonds is 5. The van der Waals surface area contributed by atoms with Gasteiger partial charge in [0.2, 0.25) is 0 Å². The van der Waals surface area contributed by atoms with Crippen molar-refractivity contribution in [3.05, 3.63) is 36.8 Å². The molecule has 0 saturated carbocycles. The molecule has 3 rings (SSSR count). The number of aryl methyl sites for hydroxylation is 1. The molecule has 0 aliphatic heterocycles. The molecule has 0 aliphatic carbocycles. The van der Waals surface area contributed by atoms with Gasteiger partial charge in [0.25, 0.3) is 0 Å². The van der Waals surface area contributed by atoms with E-state index in [4.69, 9.17) is 11.6 Å². The summed E-state index contributed by atoms with van der Waals surface area (Å²) in [7, 11) is 0. The average molecular weight is 274 g/mol. The molecule has 0 aliphatic rings. The number of nitrogens with zero attached hydrogens (tertiary/aromatic N) is 3. The molecule has 0 saturated heterocycles. The standard InChI is InChI=1S/C15H16ClN3/c16-8-4-1-5-9-19-11-18-14-10-17-13-7-3-2-6-12(13)15(14)19/h2-3,6-7,10-11H,1,4-5,8-9H2. The summed E-state index contributed by atoms with van der Waals surface area (Å²) in [5, 5.41) is 1.18. The van der Waals surface area contributed by atoms with E-state index in [2.05, 4.69) is 20.6 Å². The number of halogens is 1. The number of alkyl halides is 1. The molecule has 0 bridgehead atoms. The van der Waals surface area contributed by atoms with Gasteiger partial charge < -0.3 is 4.57 Å². The Morgan fingerprint density at radius 3 is 2.79 bits per heavy atom. The molecule has 98 valence electrons. The molecule has 2 aromatic heterocycles. The van der Waals surface area contributed by atoms with Crippen LogP contribution in [0.2, 0.25) is 0 Å². The van der Waals surface area contributed by atoms with Gasteiger partial charge in [-0.15, -0.1) is 11.6 Å². The van der Waals surface area contributed by atoms with Crippen LogP contribution in [-0.4, -0.2) is 20.4 Å². The van der Waals surface area contributed by atoms with E-state index in [1.54, 1.807) is 0 Å². The predicted molar refractivity (Wildman–Crippen MR) is 79.6 cm³/mol. The maximum Gasteiger partial charge on any atom is 0.107 e. The van der Waals surface area contributed by atoms with Crippen molar-refractivity contribution < 1.29 is 0 Å². The normalized spacial score (nSPS) is 11.4. The van der Waals surface area contributed by atoms with Crippen LogP contribution in [0, 0.1) is 0 Å². The minimum atomic E-state index is 0.748. The fraction of sp³-hybridized carbons (Fsp3) is 0.333. The third-order valence-corrected chi connectivity index (χ3v) is 3.65. The van der Waals surface area contributed by atoms with Crippen LogP contribution in [0.5, 0.6) is 0 Å². The fourth-order valence-corrected chi connectivity index (χ4v) is 2.61. The van der Waals surface area contributed by atoms with Crippen LogP contribution < -0.4 is 0 Å². The lowest BCUT2D eigenvalue weighted by Crippen LogP contribution is -1.97. The number of unbranched alkanes of at least 4 members (excludes halogenated alkanes) is 2. The Hall–Kier alpha value is -1.61. The number of hydrogen-bond acceptors (Lipinski definition) is 2. The number of fused-ring (bicyclic) bond motifs is 3. The lowest BCUT2D eigenvalue weighted by molar-refractivity contribution is 0.615. The van der Waals surface area contributed by atoms with Crippen LogP contribution in [0.15, 0.2) is 36.8 Å². The molecule has 4 heteroatoms. The summed E-state index contributed by atoms with van der Waals surface area (Å²) in [4.78, 5) is 8.88. The number of hydrogen-bond donors (Lipinski definition) is 0. The van der Waals surface area contributed by atoms with Gasteiger partial charge in [-0.05, 0) is 18.9 Å². The van der Waals surface area contributed by atoms with Crippen molar-refractivity contribution in [2.75, 3.05) is 5.88 Å². The Bertz CT molecular complexity index is 690. The first kappa shape index (κ1) is 12.4. The predicted octanol–water partition coefficient (Wildman–Crippen LogP) is 3.99. The number of imidazole rings is 1. The zero-order chi connectivity index (χ0) is 13.1. The van der Waals surface area contributed by atoms with Gasteiger partial charge in [-0.1, -0.05) is 24.6 Å². The summed E-state index contributed by atoms with van der Waals surface area (Å²) < 4.78 is 2.23. The topological polar surface area (TPSA) is 30.7 Å². The molecular formula is C15H16ClN3. The van der Waals surface area contributed by atoms with E-state index < -0.39 is 0 Å². The molecule has 19 heavy (non-hydrogen) atoms. The highest BCUT2D eigenvalue weighted by Crippen LogP contribution is 2.22. The summed E-state index contributed by atoms with van der Waals surface area (Å²) in [5.74, 6) is 0.748. The van der Waals surface area contributed by atoms with Gasteiger partial charge in [0.1, 0.15) is 5.52 Å². The van der Waals surface area contributed by atoms with Crippen LogP contribution in [0.25, 0.3) is 21.9 Å². The van der Waals surface area contributed by atoms with Crippen LogP contribution in [-0.2, 0) is 6.54 Å². The van der Waals surface area contributed by atoms with Gasteiger partial charge in [0, 0.05) is 17.8 Å². The molecule has 0 fully saturated rings. The van der Waals surface area contributed by atoms with Crippen molar-refractivity contribution in [1.29, 1.82) is 0 Å². The highest BCUT2D eigenvalue weighted by Gasteiger charge is 2.07. The smallest absolute Gasteiger partial charge is 0.107 e. The first-order valence-corrected chi connectivity index (χ1v) is 7.18. The van der Waals surface area contributed by atoms with E-state index >= 15 is 0 Å². The summed E-state index contributed by atoms with van der Waals surface area (Å²) in [5.41, 5.74) is 3.19. The Labute approximate surface area is 117 Å². The number of para-hydroxylation sites is 1. The van der Waals surface area contributed by atoms with Crippen LogP contribution in [0.3, 0.4) is 0 Å². The van der Waals surface area contributed by atoms with Crippen molar-refractivity contribution in [2.45, 2.75) is 25.8 Å². The minimum absolute atomic E-state index is 0.748. The second-order valence-electron chi connectivity index (χ2n) is 4.70. The maximum absolute atomic E-state index is 5.71. The molecule has 0 unspecified atom stereocenters. The lowest BCUT2D eigenvalue weighted by atomic mass is 10.2. The summed E-state index contributed by atoms with van der Waals surface area (Å²) in [6, 6.07) is 8.22. The zero-order valence-electron chi connectivity index (χ0n) is 10.7. The SMILES string of the molecule is ClCCCCCn1cnc2cnc3ccccc3c21. The Morgan fingerprint density at radius 1 is 1.00 bits per heavy atom. The van der Waals surface area contributed by atoms with Gasteiger partial charge in [0.15, 0.2) is 0 Å². The quantitative estimate of drug-likeness (QED) is 0.520. The molecule has 2 heterocycles. The van der Waals surface area contributed by atoms with Gasteiger partial charge in [-0.25, -0.2) is 4.98 Å². The first-order chi connectivity index (χ1) is 9.40. The van der Waals surface area contributed by atoms with Crippen molar-refractivity contribution >= 4 is 33.5 Å². The van der Waals surface area contributed by atoms with E-state index in [-0.39, 0.29) is 0 Å². The highest BCUT2D eigenvalue weighted by atomic mass is 35.5. The van der Waals surface area contributed by atoms with Gasteiger partial charge in [-0.3, -0.25) is 4.98 Å². The van der Waals surface area contributed by atoms with Crippen molar-refractivity contribution in [1.82, 2.24) is 14.5 Å². The molecule has 0 N–H and O–H groups in total. The Kier molecular flexibility index (Phi) is 3.65. The maximum atomic E-state index is 5.71. The van der Waals surface area contributed by atoms with Gasteiger partial charge in [0.05, 0.1) is 23.6 Å². The van der Waals surface area contributed by atoms with E-state index in [1.807, 2.05) is 30.7 Å². The van der Waals surface area contributed by atoms with E-state index in [0.717, 1.165) is 42.7 Å². The van der Waals surface area contributed by atoms with Gasteiger partial charge in [-0.2, -0.15) is 0 Å². The third kappa shape index (κ3) is 2.43. The first-order valence-electron chi connectivity index (χ1n) is 6.64. The Morgan fingerprint density at radius 2 is 1.89 bits per heavy atom. The van der Waals surface area contributed by atoms with E-state index in [0.29, 0.717) is 0 Å². The summed E-state index contributed by atoms with van der Waals surface area (Å²) >= 11 is 5.71. The molecule has 1 aromatic carbocycles. The van der Waals surface area contributed by atoms with E-state index in [9.17, 15) is 0 Å². The summed E-state index contributed by atoms with van der Waals surface area (Å²) in [6.45, 7) is 0.987. The van der Waals surface area contributed by atoms with Crippen molar-refractivity contribution in [3.8, 4) is 0 Å². The molecule has 0 amide bonds. The molecule has 3 aromatic rings. The largest absolute Gasteiger partial charge is 0.330 e. The number of aromatic nitrogens is 3. The second kappa shape index (κ2) is 5.57. The number of benzene rings is 1. The minimum Gasteiger partial charge on any atom is -0.330 e. The monoisotopic (exact) mass is 273 g/mol. The third-order valence-electron chi connectivity index (χ3n) is 3.38. The molecule has 0 atom stereocenters. The van der Waals surface area contributed by atoms with E-state index in [1.165, 1.54) is 10.9 Å². The molecular weight excluding hydrogens is 258 g/mol. The van der Waals surface area contributed by atoms with Crippen LogP contribution in [0.4, 0.5) is 0 Å². The van der Waals surface area contributed by atoms with Crippen LogP contribution >= 0.6 is 11.6 Å². The number of pyridine rings is 1. The molecule has 0 spiro atoms. The van der Waals surface area contributed by atoms with Crippen molar-refractivity contribution in [2.24, 2.45) is 0 Å². The summed E-state index contributed by atoms with van der Waals surface area (Å²) in [6.07, 6.45) is 7.14. The zero-order valence-corrected chi connectivity index (χ0v) is 11.5. The highest BCUT2D eigenvalue weighted by molar-refractivity contribution is 6.17. The fourth-order valence-electron chi connectivity index (χ4n) is 2.43. The second-order valence-corrected chi connectivity index (χ2v) is 5.07. The average Bonchev–Trinajstić information content (AvgIpc) is 2.87. The van der Waals surface area contributed by atoms with Crippen LogP contribution in [0.1, 0.15) is 19.3 Å². The molecule has 3 nitrogen and oxygen atoms in total. The van der Waals surface area contributed by atoms with Crippen molar-refractivity contribution in [3.63, 3.8) is 0 Å². The molecule has 0 radical (unpaired) electrons. The Balaban J connectivity index is 1.98. The van der Waals surface area contributed by atoms with Gasteiger partial charge >= 0.3 is 0 Å².